The first-order valence-electron chi connectivity index (χ1n) is 4.52. The van der Waals surface area contributed by atoms with E-state index >= 15 is 0 Å². The van der Waals surface area contributed by atoms with Crippen LogP contribution >= 0.6 is 0 Å². The zero-order valence-electron chi connectivity index (χ0n) is 9.03. The van der Waals surface area contributed by atoms with Gasteiger partial charge >= 0.3 is 0 Å². The lowest BCUT2D eigenvalue weighted by Crippen LogP contribution is -2.07. The molecule has 0 bridgehead atoms. The monoisotopic (exact) mass is 230 g/mol. The highest BCUT2D eigenvalue weighted by atomic mass is 32.2. The molecule has 0 heterocycles. The molecule has 3 nitrogen and oxygen atoms in total. The molecule has 0 radical (unpaired) electrons. The summed E-state index contributed by atoms with van der Waals surface area (Å²) in [5, 5.41) is 0. The summed E-state index contributed by atoms with van der Waals surface area (Å²) in [6.07, 6.45) is 2.93. The molecular formula is C10H15FN2OS. The number of nitrogens with zero attached hydrogens (tertiary/aromatic N) is 1. The molecule has 1 unspecified atom stereocenters. The fraction of sp³-hybridized carbons (Fsp3) is 0.400. The van der Waals surface area contributed by atoms with Crippen molar-refractivity contribution in [3.05, 3.63) is 29.6 Å². The lowest BCUT2D eigenvalue weighted by Gasteiger charge is -2.08. The summed E-state index contributed by atoms with van der Waals surface area (Å²) >= 11 is 0. The van der Waals surface area contributed by atoms with Crippen LogP contribution in [0, 0.1) is 5.82 Å². The van der Waals surface area contributed by atoms with Gasteiger partial charge in [-0.15, -0.1) is 0 Å². The van der Waals surface area contributed by atoms with Crippen molar-refractivity contribution < 1.29 is 8.60 Å². The zero-order valence-corrected chi connectivity index (χ0v) is 9.84. The quantitative estimate of drug-likeness (QED) is 0.846. The Morgan fingerprint density at radius 2 is 2.07 bits per heavy atom. The van der Waals surface area contributed by atoms with E-state index in [0.717, 1.165) is 0 Å². The molecule has 15 heavy (non-hydrogen) atoms. The van der Waals surface area contributed by atoms with Crippen LogP contribution in [0.25, 0.3) is 0 Å². The Morgan fingerprint density at radius 3 is 2.53 bits per heavy atom. The van der Waals surface area contributed by atoms with Crippen molar-refractivity contribution in [2.45, 2.75) is 13.0 Å². The lowest BCUT2D eigenvalue weighted by molar-refractivity contribution is 0.596. The molecule has 0 aliphatic rings. The minimum atomic E-state index is -2.35. The average molecular weight is 230 g/mol. The van der Waals surface area contributed by atoms with Gasteiger partial charge in [-0.05, 0) is 13.0 Å². The minimum Gasteiger partial charge on any atom is -0.324 e. The predicted octanol–water partition coefficient (Wildman–Crippen LogP) is 2.20. The Bertz CT molecular complexity index is 468. The van der Waals surface area contributed by atoms with E-state index in [9.17, 15) is 8.60 Å². The number of benzene rings is 1. The number of nitrogens with two attached hydrogens (primary N) is 1. The summed E-state index contributed by atoms with van der Waals surface area (Å²) in [6.45, 7) is 1.69. The number of hydrogen-bond acceptors (Lipinski definition) is 3. The van der Waals surface area contributed by atoms with Crippen molar-refractivity contribution in [3.63, 3.8) is 0 Å². The van der Waals surface area contributed by atoms with E-state index in [0.29, 0.717) is 5.56 Å². The van der Waals surface area contributed by atoms with Crippen molar-refractivity contribution >= 4 is 15.4 Å². The van der Waals surface area contributed by atoms with Crippen molar-refractivity contribution in [2.24, 2.45) is 10.1 Å². The maximum Gasteiger partial charge on any atom is 0.154 e. The second-order valence-electron chi connectivity index (χ2n) is 3.74. The number of hydrogen-bond donors (Lipinski definition) is 1. The first-order chi connectivity index (χ1) is 6.81. The Balaban J connectivity index is 3.35. The second kappa shape index (κ2) is 4.28. The van der Waals surface area contributed by atoms with Crippen LogP contribution in [0.4, 0.5) is 10.1 Å². The van der Waals surface area contributed by atoms with Gasteiger partial charge in [-0.1, -0.05) is 12.1 Å². The summed E-state index contributed by atoms with van der Waals surface area (Å²) < 4.78 is 29.0. The largest absolute Gasteiger partial charge is 0.324 e. The summed E-state index contributed by atoms with van der Waals surface area (Å²) in [4.78, 5) is 0. The SMILES string of the molecule is CC(N)c1cccc(N=S(C)(C)=O)c1F. The standard InChI is InChI=1S/C10H15FN2OS/c1-7(12)8-5-4-6-9(10(8)11)13-15(2,3)14/h4-7H,12H2,1-3H3. The summed E-state index contributed by atoms with van der Waals surface area (Å²) in [7, 11) is -2.35. The Hall–Kier alpha value is -0.940. The van der Waals surface area contributed by atoms with Crippen LogP contribution in [-0.4, -0.2) is 16.7 Å². The molecule has 0 spiro atoms. The average Bonchev–Trinajstić information content (AvgIpc) is 2.05. The van der Waals surface area contributed by atoms with E-state index in [1.165, 1.54) is 18.6 Å². The molecule has 5 heteroatoms. The molecule has 1 rings (SSSR count). The minimum absolute atomic E-state index is 0.111. The van der Waals surface area contributed by atoms with E-state index in [1.54, 1.807) is 19.1 Å². The molecule has 0 aliphatic heterocycles. The van der Waals surface area contributed by atoms with Gasteiger partial charge in [-0.2, -0.15) is 4.36 Å². The predicted molar refractivity (Wildman–Crippen MR) is 61.1 cm³/mol. The van der Waals surface area contributed by atoms with Crippen molar-refractivity contribution in [1.82, 2.24) is 0 Å². The highest BCUT2D eigenvalue weighted by molar-refractivity contribution is 7.92. The molecule has 1 aromatic rings. The van der Waals surface area contributed by atoms with Gasteiger partial charge in [-0.25, -0.2) is 8.60 Å². The maximum atomic E-state index is 13.8. The molecule has 2 N–H and O–H groups in total. The van der Waals surface area contributed by atoms with Gasteiger partial charge in [0.05, 0.1) is 0 Å². The van der Waals surface area contributed by atoms with Crippen LogP contribution in [0.2, 0.25) is 0 Å². The van der Waals surface area contributed by atoms with Crippen molar-refractivity contribution in [3.8, 4) is 0 Å². The fourth-order valence-corrected chi connectivity index (χ4v) is 1.81. The Labute approximate surface area is 89.7 Å². The smallest absolute Gasteiger partial charge is 0.154 e. The van der Waals surface area contributed by atoms with Crippen LogP contribution in [0.3, 0.4) is 0 Å². The number of halogens is 1. The van der Waals surface area contributed by atoms with Gasteiger partial charge in [0.15, 0.2) is 5.82 Å². The molecule has 0 fully saturated rings. The summed E-state index contributed by atoms with van der Waals surface area (Å²) in [6, 6.07) is 4.36. The van der Waals surface area contributed by atoms with Gasteiger partial charge < -0.3 is 5.73 Å². The Morgan fingerprint density at radius 1 is 1.47 bits per heavy atom. The fourth-order valence-electron chi connectivity index (χ4n) is 1.20. The molecule has 0 amide bonds. The van der Waals surface area contributed by atoms with Crippen LogP contribution in [0.1, 0.15) is 18.5 Å². The molecular weight excluding hydrogens is 215 g/mol. The third-order valence-electron chi connectivity index (χ3n) is 1.82. The van der Waals surface area contributed by atoms with Gasteiger partial charge in [0.1, 0.15) is 5.69 Å². The topological polar surface area (TPSA) is 55.4 Å². The second-order valence-corrected chi connectivity index (χ2v) is 6.29. The van der Waals surface area contributed by atoms with Crippen LogP contribution < -0.4 is 5.73 Å². The third kappa shape index (κ3) is 3.28. The number of rotatable bonds is 2. The van der Waals surface area contributed by atoms with Crippen LogP contribution in [-0.2, 0) is 9.73 Å². The molecule has 1 atom stereocenters. The van der Waals surface area contributed by atoms with E-state index < -0.39 is 21.6 Å². The molecule has 1 aromatic carbocycles. The van der Waals surface area contributed by atoms with E-state index in [4.69, 9.17) is 5.73 Å². The lowest BCUT2D eigenvalue weighted by atomic mass is 10.1. The van der Waals surface area contributed by atoms with E-state index in [1.807, 2.05) is 0 Å². The molecule has 0 saturated heterocycles. The summed E-state index contributed by atoms with van der Waals surface area (Å²) in [5.74, 6) is -0.482. The van der Waals surface area contributed by atoms with Crippen molar-refractivity contribution in [2.75, 3.05) is 12.5 Å². The molecule has 0 aliphatic carbocycles. The van der Waals surface area contributed by atoms with Gasteiger partial charge in [-0.3, -0.25) is 0 Å². The van der Waals surface area contributed by atoms with E-state index in [-0.39, 0.29) is 5.69 Å². The molecule has 0 saturated carbocycles. The first-order valence-corrected chi connectivity index (χ1v) is 6.85. The first kappa shape index (κ1) is 12.1. The normalized spacial score (nSPS) is 13.7. The maximum absolute atomic E-state index is 13.8. The van der Waals surface area contributed by atoms with Gasteiger partial charge in [0.25, 0.3) is 0 Å². The van der Waals surface area contributed by atoms with Gasteiger partial charge in [0.2, 0.25) is 0 Å². The Kier molecular flexibility index (Phi) is 3.46. The third-order valence-corrected chi connectivity index (χ3v) is 2.45. The van der Waals surface area contributed by atoms with Crippen molar-refractivity contribution in [1.29, 1.82) is 0 Å². The summed E-state index contributed by atoms with van der Waals surface area (Å²) in [5.41, 5.74) is 6.09. The zero-order chi connectivity index (χ0) is 11.6. The van der Waals surface area contributed by atoms with E-state index in [2.05, 4.69) is 4.36 Å². The molecule has 0 aromatic heterocycles. The van der Waals surface area contributed by atoms with Gasteiger partial charge in [0, 0.05) is 33.8 Å². The molecule has 84 valence electrons. The van der Waals surface area contributed by atoms with Crippen LogP contribution in [0.15, 0.2) is 22.6 Å². The van der Waals surface area contributed by atoms with Crippen LogP contribution in [0.5, 0.6) is 0 Å². The highest BCUT2D eigenvalue weighted by Gasteiger charge is 2.11. The highest BCUT2D eigenvalue weighted by Crippen LogP contribution is 2.25.